The van der Waals surface area contributed by atoms with Crippen LogP contribution in [0.25, 0.3) is 11.3 Å². The molecule has 2 aromatic carbocycles. The molecule has 0 radical (unpaired) electrons. The number of benzene rings is 2. The number of carbonyl (C=O) groups excluding carboxylic acids is 1. The van der Waals surface area contributed by atoms with Gasteiger partial charge in [-0.3, -0.25) is 10.1 Å². The van der Waals surface area contributed by atoms with Crippen LogP contribution in [-0.4, -0.2) is 10.9 Å². The summed E-state index contributed by atoms with van der Waals surface area (Å²) >= 11 is 3.26. The summed E-state index contributed by atoms with van der Waals surface area (Å²) in [5.74, 6) is 0.216. The topological polar surface area (TPSA) is 42.0 Å². The van der Waals surface area contributed by atoms with Gasteiger partial charge in [0.05, 0.1) is 5.69 Å². The molecule has 0 aliphatic carbocycles. The highest BCUT2D eigenvalue weighted by atomic mass is 32.2. The van der Waals surface area contributed by atoms with Gasteiger partial charge in [0.2, 0.25) is 0 Å². The molecule has 0 spiro atoms. The van der Waals surface area contributed by atoms with E-state index in [0.29, 0.717) is 10.7 Å². The Kier molecular flexibility index (Phi) is 3.63. The zero-order chi connectivity index (χ0) is 15.8. The van der Waals surface area contributed by atoms with Gasteiger partial charge in [-0.1, -0.05) is 18.2 Å². The minimum Gasteiger partial charge on any atom is -0.298 e. The van der Waals surface area contributed by atoms with Crippen LogP contribution in [0.5, 0.6) is 0 Å². The van der Waals surface area contributed by atoms with Gasteiger partial charge >= 0.3 is 0 Å². The zero-order valence-corrected chi connectivity index (χ0v) is 13.5. The van der Waals surface area contributed by atoms with Crippen molar-refractivity contribution in [2.75, 3.05) is 5.32 Å². The van der Waals surface area contributed by atoms with E-state index in [1.807, 2.05) is 18.2 Å². The van der Waals surface area contributed by atoms with Crippen molar-refractivity contribution < 1.29 is 9.18 Å². The highest BCUT2D eigenvalue weighted by molar-refractivity contribution is 7.98. The lowest BCUT2D eigenvalue weighted by atomic mass is 10.1. The first kappa shape index (κ1) is 14.4. The number of aromatic nitrogens is 1. The molecule has 4 rings (SSSR count). The summed E-state index contributed by atoms with van der Waals surface area (Å²) in [7, 11) is 0. The van der Waals surface area contributed by atoms with Crippen LogP contribution in [0.3, 0.4) is 0 Å². The Labute approximate surface area is 140 Å². The van der Waals surface area contributed by atoms with Crippen molar-refractivity contribution in [3.63, 3.8) is 0 Å². The Morgan fingerprint density at radius 3 is 2.74 bits per heavy atom. The van der Waals surface area contributed by atoms with Gasteiger partial charge in [-0.15, -0.1) is 23.1 Å². The Morgan fingerprint density at radius 2 is 1.91 bits per heavy atom. The molecule has 1 aliphatic rings. The molecule has 1 aliphatic heterocycles. The third-order valence-electron chi connectivity index (χ3n) is 3.53. The van der Waals surface area contributed by atoms with E-state index in [1.54, 1.807) is 11.8 Å². The first-order valence-corrected chi connectivity index (χ1v) is 8.80. The van der Waals surface area contributed by atoms with Crippen molar-refractivity contribution in [3.05, 3.63) is 64.8 Å². The van der Waals surface area contributed by atoms with Crippen LogP contribution in [0.15, 0.2) is 53.4 Å². The number of nitrogens with zero attached hydrogens (tertiary/aromatic N) is 1. The Morgan fingerprint density at radius 1 is 1.13 bits per heavy atom. The largest absolute Gasteiger partial charge is 0.298 e. The zero-order valence-electron chi connectivity index (χ0n) is 11.9. The molecule has 0 saturated heterocycles. The summed E-state index contributed by atoms with van der Waals surface area (Å²) in [5, 5.41) is 3.37. The van der Waals surface area contributed by atoms with E-state index in [9.17, 15) is 9.18 Å². The van der Waals surface area contributed by atoms with Crippen LogP contribution in [0.2, 0.25) is 0 Å². The molecule has 3 nitrogen and oxygen atoms in total. The lowest BCUT2D eigenvalue weighted by Gasteiger charge is -2.13. The molecule has 0 unspecified atom stereocenters. The van der Waals surface area contributed by atoms with Crippen LogP contribution in [-0.2, 0) is 5.75 Å². The number of rotatable bonds is 2. The summed E-state index contributed by atoms with van der Waals surface area (Å²) in [5.41, 5.74) is 2.46. The number of hydrogen-bond donors (Lipinski definition) is 1. The lowest BCUT2D eigenvalue weighted by Crippen LogP contribution is -2.11. The van der Waals surface area contributed by atoms with Gasteiger partial charge < -0.3 is 0 Å². The molecule has 6 heteroatoms. The maximum atomic E-state index is 12.9. The van der Waals surface area contributed by atoms with Gasteiger partial charge in [-0.2, -0.15) is 0 Å². The van der Waals surface area contributed by atoms with Gasteiger partial charge in [-0.05, 0) is 30.3 Å². The number of thioether (sulfide) groups is 1. The molecule has 0 bridgehead atoms. The number of amides is 1. The fraction of sp³-hybridized carbons (Fsp3) is 0.0588. The van der Waals surface area contributed by atoms with Crippen molar-refractivity contribution in [2.45, 2.75) is 10.6 Å². The number of carbonyl (C=O) groups is 1. The normalized spacial score (nSPS) is 12.4. The molecule has 1 aromatic heterocycles. The minimum atomic E-state index is -0.361. The number of fused-ring (bicyclic) bond motifs is 3. The molecule has 114 valence electrons. The third kappa shape index (κ3) is 2.75. The molecule has 1 amide bonds. The van der Waals surface area contributed by atoms with E-state index in [1.165, 1.54) is 40.5 Å². The predicted molar refractivity (Wildman–Crippen MR) is 91.5 cm³/mol. The van der Waals surface area contributed by atoms with Crippen LogP contribution < -0.4 is 5.32 Å². The SMILES string of the molecule is O=C(Nc1nc2c(s1)CSc1ccccc1-2)c1ccc(F)cc1. The second kappa shape index (κ2) is 5.79. The van der Waals surface area contributed by atoms with Gasteiger partial charge in [0, 0.05) is 26.7 Å². The van der Waals surface area contributed by atoms with Crippen LogP contribution in [0.1, 0.15) is 15.2 Å². The summed E-state index contributed by atoms with van der Waals surface area (Å²) in [6.07, 6.45) is 0. The van der Waals surface area contributed by atoms with E-state index in [4.69, 9.17) is 0 Å². The van der Waals surface area contributed by atoms with E-state index >= 15 is 0 Å². The van der Waals surface area contributed by atoms with E-state index in [0.717, 1.165) is 21.9 Å². The fourth-order valence-corrected chi connectivity index (χ4v) is 4.51. The summed E-state index contributed by atoms with van der Waals surface area (Å²) in [4.78, 5) is 19.2. The number of hydrogen-bond acceptors (Lipinski definition) is 4. The second-order valence-electron chi connectivity index (χ2n) is 5.04. The maximum Gasteiger partial charge on any atom is 0.257 e. The molecular weight excluding hydrogens is 331 g/mol. The minimum absolute atomic E-state index is 0.281. The standard InChI is InChI=1S/C17H11FN2OS2/c18-11-7-5-10(6-8-11)16(21)20-17-19-15-12-3-1-2-4-13(12)22-9-14(15)23-17/h1-8H,9H2,(H,19,20,21). The van der Waals surface area contributed by atoms with Crippen molar-refractivity contribution in [3.8, 4) is 11.3 Å². The van der Waals surface area contributed by atoms with E-state index < -0.39 is 0 Å². The number of halogens is 1. The van der Waals surface area contributed by atoms with Crippen molar-refractivity contribution in [1.29, 1.82) is 0 Å². The van der Waals surface area contributed by atoms with E-state index in [-0.39, 0.29) is 11.7 Å². The molecular formula is C17H11FN2OS2. The smallest absolute Gasteiger partial charge is 0.257 e. The van der Waals surface area contributed by atoms with Crippen molar-refractivity contribution in [1.82, 2.24) is 4.98 Å². The van der Waals surface area contributed by atoms with Gasteiger partial charge in [0.25, 0.3) is 5.91 Å². The van der Waals surface area contributed by atoms with Crippen LogP contribution >= 0.6 is 23.1 Å². The Hall–Kier alpha value is -2.18. The Bertz CT molecular complexity index is 890. The van der Waals surface area contributed by atoms with Gasteiger partial charge in [0.15, 0.2) is 5.13 Å². The van der Waals surface area contributed by atoms with Crippen molar-refractivity contribution in [2.24, 2.45) is 0 Å². The van der Waals surface area contributed by atoms with Gasteiger partial charge in [0.1, 0.15) is 5.82 Å². The molecule has 0 fully saturated rings. The molecule has 23 heavy (non-hydrogen) atoms. The molecule has 0 atom stereocenters. The third-order valence-corrected chi connectivity index (χ3v) is 5.78. The first-order chi connectivity index (χ1) is 11.2. The molecule has 2 heterocycles. The van der Waals surface area contributed by atoms with Crippen molar-refractivity contribution >= 4 is 34.1 Å². The monoisotopic (exact) mass is 342 g/mol. The van der Waals surface area contributed by atoms with Crippen LogP contribution in [0.4, 0.5) is 9.52 Å². The second-order valence-corrected chi connectivity index (χ2v) is 7.14. The average molecular weight is 342 g/mol. The molecule has 3 aromatic rings. The fourth-order valence-electron chi connectivity index (χ4n) is 2.42. The summed E-state index contributed by atoms with van der Waals surface area (Å²) in [6, 6.07) is 13.6. The average Bonchev–Trinajstić information content (AvgIpc) is 2.98. The maximum absolute atomic E-state index is 12.9. The number of nitrogens with one attached hydrogen (secondary N) is 1. The quantitative estimate of drug-likeness (QED) is 0.727. The highest BCUT2D eigenvalue weighted by Crippen LogP contribution is 2.44. The molecule has 1 N–H and O–H groups in total. The number of anilines is 1. The summed E-state index contributed by atoms with van der Waals surface area (Å²) < 4.78 is 12.9. The lowest BCUT2D eigenvalue weighted by molar-refractivity contribution is 0.102. The first-order valence-electron chi connectivity index (χ1n) is 6.99. The highest BCUT2D eigenvalue weighted by Gasteiger charge is 2.21. The van der Waals surface area contributed by atoms with E-state index in [2.05, 4.69) is 16.4 Å². The number of thiazole rings is 1. The summed E-state index contributed by atoms with van der Waals surface area (Å²) in [6.45, 7) is 0. The molecule has 0 saturated carbocycles. The van der Waals surface area contributed by atoms with Gasteiger partial charge in [-0.25, -0.2) is 9.37 Å². The predicted octanol–water partition coefficient (Wildman–Crippen LogP) is 4.81. The Balaban J connectivity index is 1.62. The van der Waals surface area contributed by atoms with Crippen LogP contribution in [0, 0.1) is 5.82 Å².